The lowest BCUT2D eigenvalue weighted by molar-refractivity contribution is 0.195. The smallest absolute Gasteiger partial charge is 0.184 e. The molecule has 0 spiro atoms. The first-order valence-electron chi connectivity index (χ1n) is 5.53. The number of hydrogen-bond donors (Lipinski definition) is 1. The van der Waals surface area contributed by atoms with Crippen molar-refractivity contribution < 1.29 is 4.74 Å². The Morgan fingerprint density at radius 3 is 3.25 bits per heavy atom. The Labute approximate surface area is 98.5 Å². The van der Waals surface area contributed by atoms with Gasteiger partial charge in [0.25, 0.3) is 0 Å². The Bertz CT molecular complexity index is 503. The van der Waals surface area contributed by atoms with E-state index >= 15 is 0 Å². The first-order valence-corrected chi connectivity index (χ1v) is 6.34. The van der Waals surface area contributed by atoms with Crippen LogP contribution in [0.25, 0.3) is 10.2 Å². The molecule has 3 rings (SSSR count). The molecule has 16 heavy (non-hydrogen) atoms. The quantitative estimate of drug-likeness (QED) is 0.867. The van der Waals surface area contributed by atoms with Crippen molar-refractivity contribution >= 4 is 26.7 Å². The molecule has 0 bridgehead atoms. The predicted molar refractivity (Wildman–Crippen MR) is 67.2 cm³/mol. The Kier molecular flexibility index (Phi) is 2.53. The largest absolute Gasteiger partial charge is 0.379 e. The molecule has 2 heterocycles. The zero-order chi connectivity index (χ0) is 11.0. The highest BCUT2D eigenvalue weighted by molar-refractivity contribution is 7.22. The molecular weight excluding hydrogens is 220 g/mol. The number of rotatable bonds is 2. The van der Waals surface area contributed by atoms with Crippen LogP contribution in [0.15, 0.2) is 18.2 Å². The van der Waals surface area contributed by atoms with Gasteiger partial charge in [0.1, 0.15) is 0 Å². The van der Waals surface area contributed by atoms with Crippen LogP contribution < -0.4 is 5.32 Å². The van der Waals surface area contributed by atoms with E-state index in [1.54, 1.807) is 11.3 Å². The number of aryl methyl sites for hydroxylation is 1. The van der Waals surface area contributed by atoms with Gasteiger partial charge in [-0.15, -0.1) is 0 Å². The molecule has 1 aromatic heterocycles. The molecule has 0 saturated carbocycles. The number of thiazole rings is 1. The van der Waals surface area contributed by atoms with Crippen molar-refractivity contribution in [3.63, 3.8) is 0 Å². The van der Waals surface area contributed by atoms with Crippen molar-refractivity contribution in [3.8, 4) is 0 Å². The summed E-state index contributed by atoms with van der Waals surface area (Å²) in [5, 5.41) is 4.44. The van der Waals surface area contributed by atoms with Gasteiger partial charge in [-0.1, -0.05) is 17.4 Å². The molecule has 4 heteroatoms. The van der Waals surface area contributed by atoms with Crippen LogP contribution in [0.3, 0.4) is 0 Å². The van der Waals surface area contributed by atoms with Crippen molar-refractivity contribution in [3.05, 3.63) is 23.8 Å². The van der Waals surface area contributed by atoms with Gasteiger partial charge < -0.3 is 10.1 Å². The average Bonchev–Trinajstić information content (AvgIpc) is 2.86. The average molecular weight is 234 g/mol. The van der Waals surface area contributed by atoms with Crippen molar-refractivity contribution in [2.75, 3.05) is 18.5 Å². The zero-order valence-corrected chi connectivity index (χ0v) is 10.0. The van der Waals surface area contributed by atoms with E-state index in [-0.39, 0.29) is 0 Å². The molecular formula is C12H14N2OS. The van der Waals surface area contributed by atoms with Crippen molar-refractivity contribution in [1.29, 1.82) is 0 Å². The third kappa shape index (κ3) is 1.90. The number of anilines is 1. The number of hydrogen-bond acceptors (Lipinski definition) is 4. The number of benzene rings is 1. The lowest BCUT2D eigenvalue weighted by Gasteiger charge is -2.07. The van der Waals surface area contributed by atoms with E-state index in [0.29, 0.717) is 6.04 Å². The predicted octanol–water partition coefficient (Wildman–Crippen LogP) is 2.81. The van der Waals surface area contributed by atoms with Gasteiger partial charge in [0, 0.05) is 6.61 Å². The fourth-order valence-corrected chi connectivity index (χ4v) is 2.96. The second-order valence-electron chi connectivity index (χ2n) is 4.20. The van der Waals surface area contributed by atoms with Crippen LogP contribution >= 0.6 is 11.3 Å². The Balaban J connectivity index is 1.86. The normalized spacial score (nSPS) is 20.4. The molecule has 0 aliphatic carbocycles. The first-order chi connectivity index (χ1) is 7.81. The molecule has 2 aromatic rings. The topological polar surface area (TPSA) is 34.2 Å². The Morgan fingerprint density at radius 1 is 1.50 bits per heavy atom. The third-order valence-corrected chi connectivity index (χ3v) is 3.75. The summed E-state index contributed by atoms with van der Waals surface area (Å²) in [5.74, 6) is 0. The third-order valence-electron chi connectivity index (χ3n) is 2.80. The second kappa shape index (κ2) is 4.03. The van der Waals surface area contributed by atoms with E-state index in [1.807, 2.05) is 0 Å². The molecule has 1 aliphatic heterocycles. The summed E-state index contributed by atoms with van der Waals surface area (Å²) in [6, 6.07) is 6.80. The summed E-state index contributed by atoms with van der Waals surface area (Å²) in [6.07, 6.45) is 1.08. The second-order valence-corrected chi connectivity index (χ2v) is 5.23. The molecule has 84 valence electrons. The highest BCUT2D eigenvalue weighted by Crippen LogP contribution is 2.27. The standard InChI is InChI=1S/C12H14N2OS/c1-8-2-3-10-11(6-8)16-12(14-10)13-9-4-5-15-7-9/h2-3,6,9H,4-5,7H2,1H3,(H,13,14). The first kappa shape index (κ1) is 10.1. The molecule has 1 aromatic carbocycles. The molecule has 1 unspecified atom stereocenters. The summed E-state index contributed by atoms with van der Waals surface area (Å²) in [7, 11) is 0. The van der Waals surface area contributed by atoms with Crippen LogP contribution in [-0.4, -0.2) is 24.2 Å². The van der Waals surface area contributed by atoms with Gasteiger partial charge in [0.15, 0.2) is 5.13 Å². The van der Waals surface area contributed by atoms with Gasteiger partial charge in [-0.05, 0) is 31.0 Å². The van der Waals surface area contributed by atoms with Crippen LogP contribution in [0.2, 0.25) is 0 Å². The van der Waals surface area contributed by atoms with Gasteiger partial charge in [-0.3, -0.25) is 0 Å². The maximum absolute atomic E-state index is 5.34. The van der Waals surface area contributed by atoms with Crippen LogP contribution in [-0.2, 0) is 4.74 Å². The molecule has 1 saturated heterocycles. The molecule has 3 nitrogen and oxygen atoms in total. The van der Waals surface area contributed by atoms with E-state index in [1.165, 1.54) is 10.3 Å². The summed E-state index contributed by atoms with van der Waals surface area (Å²) in [6.45, 7) is 3.77. The van der Waals surface area contributed by atoms with Gasteiger partial charge in [-0.2, -0.15) is 0 Å². The summed E-state index contributed by atoms with van der Waals surface area (Å²) in [4.78, 5) is 4.57. The number of aromatic nitrogens is 1. The molecule has 1 atom stereocenters. The van der Waals surface area contributed by atoms with Gasteiger partial charge in [-0.25, -0.2) is 4.98 Å². The monoisotopic (exact) mass is 234 g/mol. The maximum Gasteiger partial charge on any atom is 0.184 e. The van der Waals surface area contributed by atoms with Crippen LogP contribution in [0.5, 0.6) is 0 Å². The maximum atomic E-state index is 5.34. The molecule has 1 fully saturated rings. The molecule has 0 amide bonds. The zero-order valence-electron chi connectivity index (χ0n) is 9.19. The van der Waals surface area contributed by atoms with Crippen LogP contribution in [0.4, 0.5) is 5.13 Å². The van der Waals surface area contributed by atoms with E-state index in [2.05, 4.69) is 35.4 Å². The summed E-state index contributed by atoms with van der Waals surface area (Å²) in [5.41, 5.74) is 2.36. The minimum atomic E-state index is 0.432. The lowest BCUT2D eigenvalue weighted by atomic mass is 10.2. The van der Waals surface area contributed by atoms with Gasteiger partial charge >= 0.3 is 0 Å². The SMILES string of the molecule is Cc1ccc2nc(NC3CCOC3)sc2c1. The fraction of sp³-hybridized carbons (Fsp3) is 0.417. The van der Waals surface area contributed by atoms with Crippen LogP contribution in [0.1, 0.15) is 12.0 Å². The van der Waals surface area contributed by atoms with E-state index in [9.17, 15) is 0 Å². The minimum absolute atomic E-state index is 0.432. The van der Waals surface area contributed by atoms with Crippen molar-refractivity contribution in [2.24, 2.45) is 0 Å². The summed E-state index contributed by atoms with van der Waals surface area (Å²) >= 11 is 1.72. The van der Waals surface area contributed by atoms with Gasteiger partial charge in [0.05, 0.1) is 22.9 Å². The van der Waals surface area contributed by atoms with Crippen molar-refractivity contribution in [1.82, 2.24) is 4.98 Å². The highest BCUT2D eigenvalue weighted by atomic mass is 32.1. The summed E-state index contributed by atoms with van der Waals surface area (Å²) < 4.78 is 6.59. The van der Waals surface area contributed by atoms with Gasteiger partial charge in [0.2, 0.25) is 0 Å². The highest BCUT2D eigenvalue weighted by Gasteiger charge is 2.16. The van der Waals surface area contributed by atoms with Crippen molar-refractivity contribution in [2.45, 2.75) is 19.4 Å². The Hall–Kier alpha value is -1.13. The minimum Gasteiger partial charge on any atom is -0.379 e. The molecule has 1 aliphatic rings. The van der Waals surface area contributed by atoms with E-state index < -0.39 is 0 Å². The van der Waals surface area contributed by atoms with Crippen LogP contribution in [0, 0.1) is 6.92 Å². The molecule has 0 radical (unpaired) electrons. The Morgan fingerprint density at radius 2 is 2.44 bits per heavy atom. The number of fused-ring (bicyclic) bond motifs is 1. The van der Waals surface area contributed by atoms with E-state index in [4.69, 9.17) is 4.74 Å². The number of nitrogens with zero attached hydrogens (tertiary/aromatic N) is 1. The number of nitrogens with one attached hydrogen (secondary N) is 1. The number of ether oxygens (including phenoxy) is 1. The van der Waals surface area contributed by atoms with E-state index in [0.717, 1.165) is 30.3 Å². The molecule has 1 N–H and O–H groups in total. The fourth-order valence-electron chi connectivity index (χ4n) is 1.92. The lowest BCUT2D eigenvalue weighted by Crippen LogP contribution is -2.18.